The van der Waals surface area contributed by atoms with Gasteiger partial charge in [-0.05, 0) is 18.6 Å². The molecule has 1 N–H and O–H groups in total. The minimum absolute atomic E-state index is 0.0817. The van der Waals surface area contributed by atoms with Crippen molar-refractivity contribution in [2.24, 2.45) is 13.0 Å². The van der Waals surface area contributed by atoms with Crippen LogP contribution in [-0.4, -0.2) is 31.3 Å². The third kappa shape index (κ3) is 4.20. The Morgan fingerprint density at radius 2 is 2.30 bits per heavy atom. The van der Waals surface area contributed by atoms with Crippen molar-refractivity contribution in [1.82, 2.24) is 24.7 Å². The molecule has 0 spiro atoms. The van der Waals surface area contributed by atoms with E-state index in [1.165, 1.54) is 0 Å². The van der Waals surface area contributed by atoms with Crippen molar-refractivity contribution in [2.45, 2.75) is 18.9 Å². The van der Waals surface area contributed by atoms with E-state index < -0.39 is 0 Å². The molecule has 3 heterocycles. The van der Waals surface area contributed by atoms with Crippen molar-refractivity contribution in [1.29, 1.82) is 5.26 Å². The Balaban J connectivity index is 1.37. The fourth-order valence-electron chi connectivity index (χ4n) is 2.98. The van der Waals surface area contributed by atoms with Gasteiger partial charge in [-0.1, -0.05) is 6.07 Å². The van der Waals surface area contributed by atoms with Crippen molar-refractivity contribution in [2.75, 3.05) is 11.9 Å². The largest absolute Gasteiger partial charge is 0.477 e. The van der Waals surface area contributed by atoms with Gasteiger partial charge in [-0.25, -0.2) is 4.98 Å². The van der Waals surface area contributed by atoms with E-state index in [0.29, 0.717) is 36.7 Å². The number of nitrogens with one attached hydrogen (secondary N) is 1. The summed E-state index contributed by atoms with van der Waals surface area (Å²) in [6.07, 6.45) is 6.57. The summed E-state index contributed by atoms with van der Waals surface area (Å²) in [7, 11) is 1.87. The summed E-state index contributed by atoms with van der Waals surface area (Å²) in [6, 6.07) is 9.66. The number of rotatable bonds is 7. The van der Waals surface area contributed by atoms with Crippen LogP contribution in [0.1, 0.15) is 29.4 Å². The van der Waals surface area contributed by atoms with Gasteiger partial charge in [0, 0.05) is 55.1 Å². The summed E-state index contributed by atoms with van der Waals surface area (Å²) in [6.45, 7) is 1.10. The first-order valence-corrected chi connectivity index (χ1v) is 8.75. The third-order valence-electron chi connectivity index (χ3n) is 4.47. The molecule has 8 heteroatoms. The van der Waals surface area contributed by atoms with Crippen LogP contribution in [-0.2, 0) is 13.6 Å². The van der Waals surface area contributed by atoms with Gasteiger partial charge in [0.2, 0.25) is 11.7 Å². The summed E-state index contributed by atoms with van der Waals surface area (Å²) < 4.78 is 7.57. The molecule has 3 aromatic heterocycles. The van der Waals surface area contributed by atoms with E-state index in [9.17, 15) is 5.26 Å². The van der Waals surface area contributed by atoms with Crippen LogP contribution in [0.4, 0.5) is 5.82 Å². The molecule has 0 radical (unpaired) electrons. The molecule has 27 heavy (non-hydrogen) atoms. The van der Waals surface area contributed by atoms with Gasteiger partial charge in [0.15, 0.2) is 0 Å². The number of pyridine rings is 1. The Hall–Kier alpha value is -3.47. The highest BCUT2D eigenvalue weighted by molar-refractivity contribution is 5.41. The topological polar surface area (TPSA) is 102 Å². The molecule has 3 aromatic rings. The number of hydrogen-bond donors (Lipinski definition) is 1. The average Bonchev–Trinajstić information content (AvgIpc) is 3.37. The van der Waals surface area contributed by atoms with Crippen molar-refractivity contribution in [3.05, 3.63) is 59.9 Å². The molecule has 2 unspecified atom stereocenters. The predicted octanol–water partition coefficient (Wildman–Crippen LogP) is 2.27. The number of ether oxygens (including phenoxy) is 1. The van der Waals surface area contributed by atoms with Crippen molar-refractivity contribution >= 4 is 5.82 Å². The van der Waals surface area contributed by atoms with E-state index in [1.807, 2.05) is 43.7 Å². The minimum atomic E-state index is 0.0817. The number of aryl methyl sites for hydroxylation is 1. The quantitative estimate of drug-likeness (QED) is 0.689. The molecule has 1 fully saturated rings. The maximum absolute atomic E-state index is 9.18. The van der Waals surface area contributed by atoms with Crippen LogP contribution in [0.15, 0.2) is 42.9 Å². The number of aromatic nitrogens is 5. The zero-order valence-corrected chi connectivity index (χ0v) is 14.9. The van der Waals surface area contributed by atoms with Crippen LogP contribution in [0.2, 0.25) is 0 Å². The van der Waals surface area contributed by atoms with Crippen molar-refractivity contribution in [3.8, 4) is 11.9 Å². The molecule has 1 saturated carbocycles. The minimum Gasteiger partial charge on any atom is -0.477 e. The van der Waals surface area contributed by atoms with E-state index in [0.717, 1.165) is 17.7 Å². The smallest absolute Gasteiger partial charge is 0.237 e. The molecule has 1 aliphatic rings. The first kappa shape index (κ1) is 17.0. The van der Waals surface area contributed by atoms with Crippen molar-refractivity contribution in [3.63, 3.8) is 0 Å². The van der Waals surface area contributed by atoms with Gasteiger partial charge in [-0.15, -0.1) is 0 Å². The molecular weight excluding hydrogens is 342 g/mol. The number of nitrogens with zero attached hydrogens (tertiary/aromatic N) is 6. The number of hydrogen-bond acceptors (Lipinski definition) is 7. The van der Waals surface area contributed by atoms with E-state index in [4.69, 9.17) is 4.74 Å². The summed E-state index contributed by atoms with van der Waals surface area (Å²) in [5.41, 5.74) is 2.12. The highest BCUT2D eigenvalue weighted by Crippen LogP contribution is 2.46. The number of anilines is 1. The zero-order valence-electron chi connectivity index (χ0n) is 14.9. The monoisotopic (exact) mass is 361 g/mol. The van der Waals surface area contributed by atoms with Crippen LogP contribution in [0, 0.1) is 17.2 Å². The SMILES string of the molecule is Cn1cc(CNc2cc(OCC3CC3c3ccccn3)nc(C#N)n2)cn1. The second kappa shape index (κ2) is 7.41. The Kier molecular flexibility index (Phi) is 4.66. The average molecular weight is 361 g/mol. The fourth-order valence-corrected chi connectivity index (χ4v) is 2.98. The third-order valence-corrected chi connectivity index (χ3v) is 4.47. The molecule has 0 saturated heterocycles. The molecule has 0 aromatic carbocycles. The fraction of sp³-hybridized carbons (Fsp3) is 0.316. The van der Waals surface area contributed by atoms with E-state index in [1.54, 1.807) is 16.9 Å². The Morgan fingerprint density at radius 1 is 1.37 bits per heavy atom. The number of nitriles is 1. The molecule has 0 aliphatic heterocycles. The standard InChI is InChI=1S/C19H19N7O/c1-26-11-13(10-23-26)9-22-17-7-19(25-18(8-20)24-17)27-12-14-6-15(14)16-4-2-3-5-21-16/h2-5,7,10-11,14-15H,6,9,12H2,1H3,(H,22,24,25). The Bertz CT molecular complexity index is 964. The first-order chi connectivity index (χ1) is 13.2. The lowest BCUT2D eigenvalue weighted by Gasteiger charge is -2.08. The van der Waals surface area contributed by atoms with Gasteiger partial charge in [0.25, 0.3) is 0 Å². The van der Waals surface area contributed by atoms with Crippen LogP contribution < -0.4 is 10.1 Å². The highest BCUT2D eigenvalue weighted by Gasteiger charge is 2.39. The van der Waals surface area contributed by atoms with E-state index >= 15 is 0 Å². The maximum Gasteiger partial charge on any atom is 0.237 e. The van der Waals surface area contributed by atoms with Gasteiger partial charge in [-0.2, -0.15) is 15.3 Å². The lowest BCUT2D eigenvalue weighted by Crippen LogP contribution is -2.07. The Morgan fingerprint density at radius 3 is 3.04 bits per heavy atom. The summed E-state index contributed by atoms with van der Waals surface area (Å²) in [4.78, 5) is 12.7. The molecule has 0 bridgehead atoms. The molecular formula is C19H19N7O. The summed E-state index contributed by atoms with van der Waals surface area (Å²) in [5.74, 6) is 1.90. The first-order valence-electron chi connectivity index (χ1n) is 8.75. The molecule has 8 nitrogen and oxygen atoms in total. The lowest BCUT2D eigenvalue weighted by molar-refractivity contribution is 0.285. The maximum atomic E-state index is 9.18. The Labute approximate surface area is 156 Å². The van der Waals surface area contributed by atoms with Crippen LogP contribution in [0.5, 0.6) is 5.88 Å². The lowest BCUT2D eigenvalue weighted by atomic mass is 10.2. The second-order valence-electron chi connectivity index (χ2n) is 6.57. The van der Waals surface area contributed by atoms with Crippen molar-refractivity contribution < 1.29 is 4.74 Å². The molecule has 2 atom stereocenters. The summed E-state index contributed by atoms with van der Waals surface area (Å²) in [5, 5.41) is 16.5. The van der Waals surface area contributed by atoms with Gasteiger partial charge in [0.1, 0.15) is 11.9 Å². The molecule has 0 amide bonds. The summed E-state index contributed by atoms with van der Waals surface area (Å²) >= 11 is 0. The van der Waals surface area contributed by atoms with Crippen LogP contribution in [0.3, 0.4) is 0 Å². The zero-order chi connectivity index (χ0) is 18.6. The van der Waals surface area contributed by atoms with E-state index in [2.05, 4.69) is 25.4 Å². The molecule has 4 rings (SSSR count). The normalized spacial score (nSPS) is 17.9. The van der Waals surface area contributed by atoms with Gasteiger partial charge < -0.3 is 10.1 Å². The highest BCUT2D eigenvalue weighted by atomic mass is 16.5. The molecule has 136 valence electrons. The van der Waals surface area contributed by atoms with Gasteiger partial charge >= 0.3 is 0 Å². The van der Waals surface area contributed by atoms with Gasteiger partial charge in [-0.3, -0.25) is 9.67 Å². The second-order valence-corrected chi connectivity index (χ2v) is 6.57. The van der Waals surface area contributed by atoms with E-state index in [-0.39, 0.29) is 5.82 Å². The molecule has 1 aliphatic carbocycles. The van der Waals surface area contributed by atoms with Crippen LogP contribution >= 0.6 is 0 Å². The predicted molar refractivity (Wildman–Crippen MR) is 97.9 cm³/mol. The van der Waals surface area contributed by atoms with Crippen LogP contribution in [0.25, 0.3) is 0 Å². The van der Waals surface area contributed by atoms with Gasteiger partial charge in [0.05, 0.1) is 12.8 Å².